The van der Waals surface area contributed by atoms with E-state index in [9.17, 15) is 0 Å². The van der Waals surface area contributed by atoms with Crippen molar-refractivity contribution in [3.63, 3.8) is 0 Å². The van der Waals surface area contributed by atoms with Gasteiger partial charge in [0.05, 0.1) is 0 Å². The van der Waals surface area contributed by atoms with Crippen molar-refractivity contribution in [3.8, 4) is 17.2 Å². The second-order valence-corrected chi connectivity index (χ2v) is 4.97. The molecule has 0 aliphatic carbocycles. The van der Waals surface area contributed by atoms with Gasteiger partial charge in [0, 0.05) is 6.54 Å². The average molecular weight is 308 g/mol. The van der Waals surface area contributed by atoms with E-state index in [1.165, 1.54) is 0 Å². The predicted octanol–water partition coefficient (Wildman–Crippen LogP) is 4.15. The van der Waals surface area contributed by atoms with Gasteiger partial charge in [-0.25, -0.2) is 0 Å². The van der Waals surface area contributed by atoms with Crippen molar-refractivity contribution in [2.24, 2.45) is 0 Å². The molecule has 2 rings (SSSR count). The minimum absolute atomic E-state index is 0. The molecule has 0 spiro atoms. The van der Waals surface area contributed by atoms with E-state index >= 15 is 0 Å². The molecule has 0 saturated carbocycles. The normalized spacial score (nSPS) is 10.1. The molecule has 0 bridgehead atoms. The van der Waals surface area contributed by atoms with Crippen molar-refractivity contribution < 1.29 is 9.47 Å². The maximum atomic E-state index is 5.96. The number of likely N-dealkylation sites (N-methyl/N-ethyl adjacent to an activating group) is 1. The van der Waals surface area contributed by atoms with Crippen LogP contribution in [0.4, 0.5) is 0 Å². The highest BCUT2D eigenvalue weighted by molar-refractivity contribution is 5.85. The molecule has 0 aliphatic heterocycles. The molecule has 0 saturated heterocycles. The lowest BCUT2D eigenvalue weighted by molar-refractivity contribution is 0.254. The number of hydrogen-bond acceptors (Lipinski definition) is 3. The van der Waals surface area contributed by atoms with Crippen molar-refractivity contribution >= 4 is 12.4 Å². The summed E-state index contributed by atoms with van der Waals surface area (Å²) >= 11 is 0. The van der Waals surface area contributed by atoms with E-state index in [-0.39, 0.29) is 12.4 Å². The van der Waals surface area contributed by atoms with E-state index in [0.717, 1.165) is 29.4 Å². The Kier molecular flexibility index (Phi) is 7.06. The lowest BCUT2D eigenvalue weighted by atomic mass is 10.2. The maximum Gasteiger partial charge on any atom is 0.169 e. The Bertz CT molecular complexity index is 558. The Labute approximate surface area is 132 Å². The highest BCUT2D eigenvalue weighted by Crippen LogP contribution is 2.32. The fourth-order valence-corrected chi connectivity index (χ4v) is 1.78. The van der Waals surface area contributed by atoms with Crippen LogP contribution in [-0.4, -0.2) is 32.1 Å². The van der Waals surface area contributed by atoms with Crippen LogP contribution in [0.1, 0.15) is 5.56 Å². The minimum Gasteiger partial charge on any atom is -0.488 e. The molecule has 0 radical (unpaired) electrons. The summed E-state index contributed by atoms with van der Waals surface area (Å²) < 4.78 is 11.8. The van der Waals surface area contributed by atoms with Crippen molar-refractivity contribution in [1.82, 2.24) is 4.90 Å². The monoisotopic (exact) mass is 307 g/mol. The fraction of sp³-hybridized carbons (Fsp3) is 0.294. The highest BCUT2D eigenvalue weighted by atomic mass is 35.5. The van der Waals surface area contributed by atoms with Gasteiger partial charge in [0.15, 0.2) is 11.5 Å². The summed E-state index contributed by atoms with van der Waals surface area (Å²) in [4.78, 5) is 2.09. The number of halogens is 1. The smallest absolute Gasteiger partial charge is 0.169 e. The minimum atomic E-state index is 0. The molecule has 0 aromatic heterocycles. The van der Waals surface area contributed by atoms with Gasteiger partial charge in [-0.05, 0) is 44.8 Å². The van der Waals surface area contributed by atoms with Gasteiger partial charge in [-0.2, -0.15) is 0 Å². The van der Waals surface area contributed by atoms with E-state index in [2.05, 4.69) is 4.90 Å². The number of nitrogens with zero attached hydrogens (tertiary/aromatic N) is 1. The quantitative estimate of drug-likeness (QED) is 0.800. The third-order valence-corrected chi connectivity index (χ3v) is 2.96. The summed E-state index contributed by atoms with van der Waals surface area (Å²) in [5.74, 6) is 2.38. The van der Waals surface area contributed by atoms with Crippen LogP contribution in [0.5, 0.6) is 17.2 Å². The van der Waals surface area contributed by atoms with Crippen molar-refractivity contribution in [1.29, 1.82) is 0 Å². The molecule has 0 atom stereocenters. The Morgan fingerprint density at radius 1 is 0.857 bits per heavy atom. The Hall–Kier alpha value is -1.71. The Morgan fingerprint density at radius 3 is 2.05 bits per heavy atom. The third kappa shape index (κ3) is 5.29. The molecule has 0 heterocycles. The van der Waals surface area contributed by atoms with Crippen LogP contribution in [0.2, 0.25) is 0 Å². The van der Waals surface area contributed by atoms with Gasteiger partial charge in [-0.3, -0.25) is 0 Å². The zero-order valence-corrected chi connectivity index (χ0v) is 13.5. The zero-order valence-electron chi connectivity index (χ0n) is 12.7. The molecule has 0 unspecified atom stereocenters. The van der Waals surface area contributed by atoms with Crippen LogP contribution < -0.4 is 9.47 Å². The number of benzene rings is 2. The van der Waals surface area contributed by atoms with Gasteiger partial charge in [0.25, 0.3) is 0 Å². The van der Waals surface area contributed by atoms with Crippen molar-refractivity contribution in [2.45, 2.75) is 6.92 Å². The number of para-hydroxylation sites is 3. The molecule has 4 heteroatoms. The van der Waals surface area contributed by atoms with Crippen LogP contribution in [0.15, 0.2) is 48.5 Å². The molecule has 2 aromatic rings. The number of hydrogen-bond donors (Lipinski definition) is 0. The first-order valence-corrected chi connectivity index (χ1v) is 6.77. The maximum absolute atomic E-state index is 5.96. The lowest BCUT2D eigenvalue weighted by Gasteiger charge is -2.15. The summed E-state index contributed by atoms with van der Waals surface area (Å²) in [6, 6.07) is 15.7. The first kappa shape index (κ1) is 17.3. The third-order valence-electron chi connectivity index (χ3n) is 2.96. The number of ether oxygens (including phenoxy) is 2. The van der Waals surface area contributed by atoms with Gasteiger partial charge in [-0.1, -0.05) is 30.3 Å². The number of rotatable bonds is 6. The fourth-order valence-electron chi connectivity index (χ4n) is 1.78. The molecule has 3 nitrogen and oxygen atoms in total. The Balaban J connectivity index is 0.00000220. The summed E-state index contributed by atoms with van der Waals surface area (Å²) in [5.41, 5.74) is 1.11. The van der Waals surface area contributed by atoms with Gasteiger partial charge < -0.3 is 14.4 Å². The number of aryl methyl sites for hydroxylation is 1. The molecule has 21 heavy (non-hydrogen) atoms. The molecule has 0 fully saturated rings. The average Bonchev–Trinajstić information content (AvgIpc) is 2.43. The standard InChI is InChI=1S/C17H21NO2.ClH/c1-14-8-4-5-9-15(14)20-17-11-7-6-10-16(17)19-13-12-18(2)3;/h4-11H,12-13H2,1-3H3;1H. The lowest BCUT2D eigenvalue weighted by Crippen LogP contribution is -2.19. The summed E-state index contributed by atoms with van der Waals surface area (Å²) in [7, 11) is 4.05. The summed E-state index contributed by atoms with van der Waals surface area (Å²) in [5, 5.41) is 0. The van der Waals surface area contributed by atoms with Gasteiger partial charge >= 0.3 is 0 Å². The second-order valence-electron chi connectivity index (χ2n) is 4.97. The Morgan fingerprint density at radius 2 is 1.43 bits per heavy atom. The van der Waals surface area contributed by atoms with Crippen LogP contribution in [0.3, 0.4) is 0 Å². The molecular weight excluding hydrogens is 286 g/mol. The molecular formula is C17H22ClNO2. The zero-order chi connectivity index (χ0) is 14.4. The molecule has 114 valence electrons. The molecule has 0 N–H and O–H groups in total. The predicted molar refractivity (Wildman–Crippen MR) is 89.0 cm³/mol. The first-order chi connectivity index (χ1) is 9.66. The van der Waals surface area contributed by atoms with Gasteiger partial charge in [0.2, 0.25) is 0 Å². The SMILES string of the molecule is Cc1ccccc1Oc1ccccc1OCCN(C)C.Cl. The summed E-state index contributed by atoms with van der Waals surface area (Å²) in [6.07, 6.45) is 0. The molecule has 2 aromatic carbocycles. The molecule has 0 aliphatic rings. The summed E-state index contributed by atoms with van der Waals surface area (Å²) in [6.45, 7) is 3.55. The van der Waals surface area contributed by atoms with Gasteiger partial charge in [-0.15, -0.1) is 12.4 Å². The van der Waals surface area contributed by atoms with E-state index in [1.54, 1.807) is 0 Å². The second kappa shape index (κ2) is 8.55. The van der Waals surface area contributed by atoms with E-state index in [4.69, 9.17) is 9.47 Å². The van der Waals surface area contributed by atoms with Crippen LogP contribution in [0, 0.1) is 6.92 Å². The van der Waals surface area contributed by atoms with Crippen LogP contribution in [-0.2, 0) is 0 Å². The largest absolute Gasteiger partial charge is 0.488 e. The van der Waals surface area contributed by atoms with Crippen molar-refractivity contribution in [2.75, 3.05) is 27.2 Å². The van der Waals surface area contributed by atoms with E-state index in [0.29, 0.717) is 6.61 Å². The van der Waals surface area contributed by atoms with Crippen molar-refractivity contribution in [3.05, 3.63) is 54.1 Å². The topological polar surface area (TPSA) is 21.7 Å². The van der Waals surface area contributed by atoms with Crippen LogP contribution in [0.25, 0.3) is 0 Å². The molecule has 0 amide bonds. The van der Waals surface area contributed by atoms with Gasteiger partial charge in [0.1, 0.15) is 12.4 Å². The first-order valence-electron chi connectivity index (χ1n) is 6.77. The van der Waals surface area contributed by atoms with E-state index < -0.39 is 0 Å². The highest BCUT2D eigenvalue weighted by Gasteiger charge is 2.07. The van der Waals surface area contributed by atoms with E-state index in [1.807, 2.05) is 69.6 Å². The van der Waals surface area contributed by atoms with Crippen LogP contribution >= 0.6 is 12.4 Å².